The molecule has 5 heteroatoms. The highest BCUT2D eigenvalue weighted by atomic mass is 16.3. The summed E-state index contributed by atoms with van der Waals surface area (Å²) in [5, 5.41) is 12.8. The summed E-state index contributed by atoms with van der Waals surface area (Å²) in [4.78, 5) is 26.5. The first kappa shape index (κ1) is 15.6. The van der Waals surface area contributed by atoms with E-state index in [2.05, 4.69) is 5.32 Å². The molecular weight excluding hydrogens is 304 g/mol. The van der Waals surface area contributed by atoms with Gasteiger partial charge >= 0.3 is 0 Å². The molecule has 0 radical (unpaired) electrons. The molecule has 0 saturated heterocycles. The number of aryl methyl sites for hydroxylation is 1. The predicted molar refractivity (Wildman–Crippen MR) is 90.5 cm³/mol. The van der Waals surface area contributed by atoms with E-state index in [1.165, 1.54) is 6.42 Å². The van der Waals surface area contributed by atoms with Crippen molar-refractivity contribution >= 4 is 17.5 Å². The van der Waals surface area contributed by atoms with Gasteiger partial charge < -0.3 is 15.3 Å². The number of nitrogens with one attached hydrogen (secondary N) is 1. The van der Waals surface area contributed by atoms with Crippen molar-refractivity contribution in [1.29, 1.82) is 0 Å². The monoisotopic (exact) mass is 328 g/mol. The van der Waals surface area contributed by atoms with Crippen LogP contribution in [-0.4, -0.2) is 36.1 Å². The summed E-state index contributed by atoms with van der Waals surface area (Å²) in [6.45, 7) is 0.208. The molecule has 2 bridgehead atoms. The number of hydrogen-bond acceptors (Lipinski definition) is 3. The number of hydrogen-bond donors (Lipinski definition) is 2. The van der Waals surface area contributed by atoms with Crippen molar-refractivity contribution in [1.82, 2.24) is 5.32 Å². The van der Waals surface area contributed by atoms with E-state index in [9.17, 15) is 14.7 Å². The van der Waals surface area contributed by atoms with Crippen molar-refractivity contribution < 1.29 is 14.7 Å². The van der Waals surface area contributed by atoms with Crippen LogP contribution < -0.4 is 10.2 Å². The minimum absolute atomic E-state index is 0.00972. The zero-order valence-electron chi connectivity index (χ0n) is 13.8. The fourth-order valence-corrected chi connectivity index (χ4v) is 4.94. The lowest BCUT2D eigenvalue weighted by Crippen LogP contribution is -2.50. The van der Waals surface area contributed by atoms with Crippen molar-refractivity contribution in [2.24, 2.45) is 17.8 Å². The van der Waals surface area contributed by atoms with Crippen molar-refractivity contribution in [3.63, 3.8) is 0 Å². The maximum Gasteiger partial charge on any atom is 0.240 e. The molecule has 1 aliphatic heterocycles. The number of carbonyl (C=O) groups is 2. The SMILES string of the molecule is O=C(CN1C(=O)CCc2ccccc21)NC1C2CCC(C2)C1CO. The number of nitrogens with zero attached hydrogens (tertiary/aromatic N) is 1. The number of benzene rings is 1. The molecule has 1 aromatic rings. The largest absolute Gasteiger partial charge is 0.396 e. The van der Waals surface area contributed by atoms with E-state index in [1.807, 2.05) is 24.3 Å². The molecule has 2 amide bonds. The van der Waals surface area contributed by atoms with E-state index in [1.54, 1.807) is 4.90 Å². The summed E-state index contributed by atoms with van der Waals surface area (Å²) in [6.07, 6.45) is 4.61. The molecular formula is C19H24N2O3. The lowest BCUT2D eigenvalue weighted by molar-refractivity contribution is -0.125. The van der Waals surface area contributed by atoms with Gasteiger partial charge in [0.25, 0.3) is 0 Å². The van der Waals surface area contributed by atoms with Gasteiger partial charge in [-0.3, -0.25) is 9.59 Å². The quantitative estimate of drug-likeness (QED) is 0.880. The number of amides is 2. The van der Waals surface area contributed by atoms with Crippen LogP contribution in [-0.2, 0) is 16.0 Å². The molecule has 5 nitrogen and oxygen atoms in total. The third kappa shape index (κ3) is 2.61. The first-order valence-electron chi connectivity index (χ1n) is 8.96. The normalized spacial score (nSPS) is 31.2. The molecule has 0 aromatic heterocycles. The Morgan fingerprint density at radius 2 is 2.00 bits per heavy atom. The molecule has 2 saturated carbocycles. The second kappa shape index (κ2) is 6.20. The Morgan fingerprint density at radius 3 is 2.83 bits per heavy atom. The highest BCUT2D eigenvalue weighted by molar-refractivity contribution is 6.01. The molecule has 2 N–H and O–H groups in total. The first-order valence-corrected chi connectivity index (χ1v) is 8.96. The van der Waals surface area contributed by atoms with Gasteiger partial charge in [-0.05, 0) is 49.1 Å². The molecule has 2 aliphatic carbocycles. The summed E-state index contributed by atoms with van der Waals surface area (Å²) >= 11 is 0. The fourth-order valence-electron chi connectivity index (χ4n) is 4.94. The number of aliphatic hydroxyl groups is 1. The topological polar surface area (TPSA) is 69.6 Å². The number of para-hydroxylation sites is 1. The average Bonchev–Trinajstić information content (AvgIpc) is 3.19. The van der Waals surface area contributed by atoms with Gasteiger partial charge in [-0.1, -0.05) is 18.2 Å². The molecule has 2 fully saturated rings. The van der Waals surface area contributed by atoms with Crippen LogP contribution in [0, 0.1) is 17.8 Å². The van der Waals surface area contributed by atoms with E-state index in [4.69, 9.17) is 0 Å². The maximum atomic E-state index is 12.6. The average molecular weight is 328 g/mol. The predicted octanol–water partition coefficient (Wildman–Crippen LogP) is 1.49. The van der Waals surface area contributed by atoms with Gasteiger partial charge in [0.15, 0.2) is 0 Å². The minimum atomic E-state index is -0.115. The lowest BCUT2D eigenvalue weighted by Gasteiger charge is -2.33. The van der Waals surface area contributed by atoms with Crippen LogP contribution >= 0.6 is 0 Å². The molecule has 0 spiro atoms. The summed E-state index contributed by atoms with van der Waals surface area (Å²) in [6, 6.07) is 7.86. The van der Waals surface area contributed by atoms with Gasteiger partial charge in [0.1, 0.15) is 6.54 Å². The standard InChI is InChI=1S/C19H24N2O3/c22-11-15-13-5-6-14(9-13)19(15)20-17(23)10-21-16-4-2-1-3-12(16)7-8-18(21)24/h1-4,13-15,19,22H,5-11H2,(H,20,23). The molecule has 128 valence electrons. The van der Waals surface area contributed by atoms with Gasteiger partial charge in [-0.25, -0.2) is 0 Å². The van der Waals surface area contributed by atoms with E-state index in [-0.39, 0.29) is 36.9 Å². The van der Waals surface area contributed by atoms with Crippen molar-refractivity contribution in [2.45, 2.75) is 38.1 Å². The zero-order valence-corrected chi connectivity index (χ0v) is 13.8. The van der Waals surface area contributed by atoms with E-state index >= 15 is 0 Å². The highest BCUT2D eigenvalue weighted by Crippen LogP contribution is 2.48. The molecule has 4 rings (SSSR count). The van der Waals surface area contributed by atoms with Crippen LogP contribution in [0.2, 0.25) is 0 Å². The summed E-state index contributed by atoms with van der Waals surface area (Å²) < 4.78 is 0. The number of rotatable bonds is 4. The Labute approximate surface area is 142 Å². The summed E-state index contributed by atoms with van der Waals surface area (Å²) in [5.74, 6) is 1.10. The Kier molecular flexibility index (Phi) is 4.04. The van der Waals surface area contributed by atoms with Crippen LogP contribution in [0.25, 0.3) is 0 Å². The van der Waals surface area contributed by atoms with Gasteiger partial charge in [0.2, 0.25) is 11.8 Å². The zero-order chi connectivity index (χ0) is 16.7. The molecule has 1 heterocycles. The maximum absolute atomic E-state index is 12.6. The van der Waals surface area contributed by atoms with Crippen LogP contribution in [0.5, 0.6) is 0 Å². The molecule has 4 atom stereocenters. The second-order valence-electron chi connectivity index (χ2n) is 7.38. The minimum Gasteiger partial charge on any atom is -0.396 e. The molecule has 1 aromatic carbocycles. The fraction of sp³-hybridized carbons (Fsp3) is 0.579. The van der Waals surface area contributed by atoms with Crippen LogP contribution in [0.4, 0.5) is 5.69 Å². The van der Waals surface area contributed by atoms with E-state index in [0.717, 1.165) is 30.5 Å². The molecule has 4 unspecified atom stereocenters. The van der Waals surface area contributed by atoms with Crippen molar-refractivity contribution in [2.75, 3.05) is 18.1 Å². The third-order valence-electron chi connectivity index (χ3n) is 6.12. The lowest BCUT2D eigenvalue weighted by atomic mass is 9.85. The number of carbonyl (C=O) groups excluding carboxylic acids is 2. The van der Waals surface area contributed by atoms with Gasteiger partial charge in [-0.2, -0.15) is 0 Å². The number of aliphatic hydroxyl groups excluding tert-OH is 1. The number of anilines is 1. The Morgan fingerprint density at radius 1 is 1.21 bits per heavy atom. The van der Waals surface area contributed by atoms with Crippen molar-refractivity contribution in [3.05, 3.63) is 29.8 Å². The van der Waals surface area contributed by atoms with Crippen LogP contribution in [0.15, 0.2) is 24.3 Å². The van der Waals surface area contributed by atoms with Crippen LogP contribution in [0.1, 0.15) is 31.2 Å². The van der Waals surface area contributed by atoms with Crippen molar-refractivity contribution in [3.8, 4) is 0 Å². The smallest absolute Gasteiger partial charge is 0.240 e. The highest BCUT2D eigenvalue weighted by Gasteiger charge is 2.47. The Balaban J connectivity index is 1.46. The van der Waals surface area contributed by atoms with Gasteiger partial charge in [0.05, 0.1) is 0 Å². The first-order chi connectivity index (χ1) is 11.7. The third-order valence-corrected chi connectivity index (χ3v) is 6.12. The Hall–Kier alpha value is -1.88. The Bertz CT molecular complexity index is 660. The molecule has 3 aliphatic rings. The van der Waals surface area contributed by atoms with E-state index < -0.39 is 0 Å². The second-order valence-corrected chi connectivity index (χ2v) is 7.38. The summed E-state index contributed by atoms with van der Waals surface area (Å²) in [7, 11) is 0. The van der Waals surface area contributed by atoms with E-state index in [0.29, 0.717) is 18.3 Å². The molecule has 24 heavy (non-hydrogen) atoms. The number of fused-ring (bicyclic) bond motifs is 3. The van der Waals surface area contributed by atoms with Gasteiger partial charge in [-0.15, -0.1) is 0 Å². The summed E-state index contributed by atoms with van der Waals surface area (Å²) in [5.41, 5.74) is 1.98. The van der Waals surface area contributed by atoms with Crippen LogP contribution in [0.3, 0.4) is 0 Å². The van der Waals surface area contributed by atoms with Gasteiger partial charge in [0, 0.05) is 30.7 Å².